The highest BCUT2D eigenvalue weighted by Crippen LogP contribution is 2.17. The maximum atomic E-state index is 12.2. The number of hydrogen-bond donors (Lipinski definition) is 2. The molecule has 2 amide bonds. The van der Waals surface area contributed by atoms with E-state index in [-0.39, 0.29) is 17.6 Å². The van der Waals surface area contributed by atoms with Gasteiger partial charge in [-0.05, 0) is 36.4 Å². The number of amides is 2. The molecule has 0 fully saturated rings. The van der Waals surface area contributed by atoms with Gasteiger partial charge in [-0.2, -0.15) is 0 Å². The Bertz CT molecular complexity index is 874. The maximum absolute atomic E-state index is 12.2. The SMILES string of the molecule is COc1ccc(C(=O)Nc2cccc(NC(=O)c3ccco3)c2)cn1. The summed E-state index contributed by atoms with van der Waals surface area (Å²) in [5, 5.41) is 5.45. The number of benzene rings is 1. The van der Waals surface area contributed by atoms with Gasteiger partial charge in [-0.3, -0.25) is 9.59 Å². The third-order valence-corrected chi connectivity index (χ3v) is 3.33. The second kappa shape index (κ2) is 7.31. The Morgan fingerprint density at radius 3 is 2.36 bits per heavy atom. The molecule has 0 saturated carbocycles. The minimum absolute atomic E-state index is 0.207. The van der Waals surface area contributed by atoms with Gasteiger partial charge in [0.1, 0.15) is 0 Å². The minimum Gasteiger partial charge on any atom is -0.481 e. The molecule has 1 aromatic carbocycles. The molecule has 7 nitrogen and oxygen atoms in total. The molecule has 3 rings (SSSR count). The fraction of sp³-hybridized carbons (Fsp3) is 0.0556. The first-order valence-electron chi connectivity index (χ1n) is 7.42. The summed E-state index contributed by atoms with van der Waals surface area (Å²) in [7, 11) is 1.50. The molecule has 0 aliphatic heterocycles. The quantitative estimate of drug-likeness (QED) is 0.746. The van der Waals surface area contributed by atoms with E-state index >= 15 is 0 Å². The van der Waals surface area contributed by atoms with Crippen molar-refractivity contribution in [2.75, 3.05) is 17.7 Å². The maximum Gasteiger partial charge on any atom is 0.291 e. The molecule has 25 heavy (non-hydrogen) atoms. The lowest BCUT2D eigenvalue weighted by atomic mass is 10.2. The van der Waals surface area contributed by atoms with Crippen molar-refractivity contribution in [2.24, 2.45) is 0 Å². The first kappa shape index (κ1) is 16.3. The number of nitrogens with zero attached hydrogens (tertiary/aromatic N) is 1. The highest BCUT2D eigenvalue weighted by Gasteiger charge is 2.10. The van der Waals surface area contributed by atoms with Crippen molar-refractivity contribution in [2.45, 2.75) is 0 Å². The van der Waals surface area contributed by atoms with E-state index in [2.05, 4.69) is 15.6 Å². The molecule has 0 unspecified atom stereocenters. The number of aromatic nitrogens is 1. The van der Waals surface area contributed by atoms with Gasteiger partial charge >= 0.3 is 0 Å². The van der Waals surface area contributed by atoms with Gasteiger partial charge in [-0.1, -0.05) is 6.07 Å². The van der Waals surface area contributed by atoms with Gasteiger partial charge in [-0.15, -0.1) is 0 Å². The highest BCUT2D eigenvalue weighted by molar-refractivity contribution is 6.05. The van der Waals surface area contributed by atoms with Gasteiger partial charge in [0.25, 0.3) is 11.8 Å². The van der Waals surface area contributed by atoms with Crippen LogP contribution >= 0.6 is 0 Å². The molecule has 0 atom stereocenters. The molecule has 0 saturated heterocycles. The largest absolute Gasteiger partial charge is 0.481 e. The molecule has 2 aromatic heterocycles. The summed E-state index contributed by atoms with van der Waals surface area (Å²) in [5.74, 6) is -0.0459. The third-order valence-electron chi connectivity index (χ3n) is 3.33. The lowest BCUT2D eigenvalue weighted by molar-refractivity contribution is 0.0995. The number of carbonyl (C=O) groups excluding carboxylic acids is 2. The van der Waals surface area contributed by atoms with E-state index in [1.54, 1.807) is 48.5 Å². The highest BCUT2D eigenvalue weighted by atomic mass is 16.5. The molecule has 7 heteroatoms. The van der Waals surface area contributed by atoms with Crippen LogP contribution in [0.15, 0.2) is 65.4 Å². The van der Waals surface area contributed by atoms with Gasteiger partial charge in [-0.25, -0.2) is 4.98 Å². The number of anilines is 2. The van der Waals surface area contributed by atoms with Crippen LogP contribution in [0.3, 0.4) is 0 Å². The van der Waals surface area contributed by atoms with Crippen molar-refractivity contribution >= 4 is 23.2 Å². The van der Waals surface area contributed by atoms with Crippen molar-refractivity contribution in [1.82, 2.24) is 4.98 Å². The molecule has 0 bridgehead atoms. The number of methoxy groups -OCH3 is 1. The fourth-order valence-electron chi connectivity index (χ4n) is 2.11. The zero-order chi connectivity index (χ0) is 17.6. The average Bonchev–Trinajstić information content (AvgIpc) is 3.17. The molecular weight excluding hydrogens is 322 g/mol. The van der Waals surface area contributed by atoms with E-state index in [9.17, 15) is 9.59 Å². The smallest absolute Gasteiger partial charge is 0.291 e. The van der Waals surface area contributed by atoms with Crippen molar-refractivity contribution in [3.05, 3.63) is 72.3 Å². The van der Waals surface area contributed by atoms with Gasteiger partial charge < -0.3 is 19.8 Å². The number of furan rings is 1. The molecule has 2 heterocycles. The zero-order valence-corrected chi connectivity index (χ0v) is 13.4. The van der Waals surface area contributed by atoms with Crippen LogP contribution in [0, 0.1) is 0 Å². The van der Waals surface area contributed by atoms with Crippen LogP contribution in [0.4, 0.5) is 11.4 Å². The van der Waals surface area contributed by atoms with E-state index in [0.717, 1.165) is 0 Å². The summed E-state index contributed by atoms with van der Waals surface area (Å²) in [6, 6.07) is 13.2. The van der Waals surface area contributed by atoms with Crippen molar-refractivity contribution in [3.63, 3.8) is 0 Å². The summed E-state index contributed by atoms with van der Waals surface area (Å²) < 4.78 is 10.00. The van der Waals surface area contributed by atoms with Gasteiger partial charge in [0.15, 0.2) is 5.76 Å². The zero-order valence-electron chi connectivity index (χ0n) is 13.4. The van der Waals surface area contributed by atoms with Crippen LogP contribution in [0.25, 0.3) is 0 Å². The molecule has 0 spiro atoms. The Hall–Kier alpha value is -3.61. The monoisotopic (exact) mass is 337 g/mol. The molecule has 3 aromatic rings. The Morgan fingerprint density at radius 1 is 1.00 bits per heavy atom. The van der Waals surface area contributed by atoms with E-state index in [1.807, 2.05) is 0 Å². The van der Waals surface area contributed by atoms with Crippen molar-refractivity contribution < 1.29 is 18.7 Å². The fourth-order valence-corrected chi connectivity index (χ4v) is 2.11. The van der Waals surface area contributed by atoms with E-state index < -0.39 is 0 Å². The van der Waals surface area contributed by atoms with Gasteiger partial charge in [0.05, 0.1) is 18.9 Å². The summed E-state index contributed by atoms with van der Waals surface area (Å²) in [6.07, 6.45) is 2.85. The second-order valence-corrected chi connectivity index (χ2v) is 5.06. The number of carbonyl (C=O) groups is 2. The lowest BCUT2D eigenvalue weighted by Crippen LogP contribution is -2.13. The van der Waals surface area contributed by atoms with Crippen LogP contribution in [0.1, 0.15) is 20.9 Å². The Labute approximate surface area is 143 Å². The predicted molar refractivity (Wildman–Crippen MR) is 91.8 cm³/mol. The number of nitrogens with one attached hydrogen (secondary N) is 2. The normalized spacial score (nSPS) is 10.1. The number of pyridine rings is 1. The summed E-state index contributed by atoms with van der Waals surface area (Å²) >= 11 is 0. The predicted octanol–water partition coefficient (Wildman–Crippen LogP) is 3.19. The van der Waals surface area contributed by atoms with Crippen LogP contribution in [0.2, 0.25) is 0 Å². The molecule has 126 valence electrons. The summed E-state index contributed by atoms with van der Waals surface area (Å²) in [4.78, 5) is 28.2. The molecular formula is C18H15N3O4. The lowest BCUT2D eigenvalue weighted by Gasteiger charge is -2.08. The summed E-state index contributed by atoms with van der Waals surface area (Å²) in [6.45, 7) is 0. The van der Waals surface area contributed by atoms with Gasteiger partial charge in [0.2, 0.25) is 5.88 Å². The standard InChI is InChI=1S/C18H15N3O4/c1-24-16-8-7-12(11-19-16)17(22)20-13-4-2-5-14(10-13)21-18(23)15-6-3-9-25-15/h2-11H,1H3,(H,20,22)(H,21,23). The minimum atomic E-state index is -0.368. The van der Waals surface area contributed by atoms with Crippen LogP contribution in [0.5, 0.6) is 5.88 Å². The molecule has 0 radical (unpaired) electrons. The first-order chi connectivity index (χ1) is 12.2. The van der Waals surface area contributed by atoms with Crippen LogP contribution in [-0.4, -0.2) is 23.9 Å². The molecule has 2 N–H and O–H groups in total. The van der Waals surface area contributed by atoms with Crippen molar-refractivity contribution in [3.8, 4) is 5.88 Å². The molecule has 0 aliphatic carbocycles. The van der Waals surface area contributed by atoms with Crippen molar-refractivity contribution in [1.29, 1.82) is 0 Å². The third kappa shape index (κ3) is 4.03. The van der Waals surface area contributed by atoms with Crippen LogP contribution in [-0.2, 0) is 0 Å². The van der Waals surface area contributed by atoms with E-state index in [1.165, 1.54) is 19.6 Å². The Kier molecular flexibility index (Phi) is 4.75. The Balaban J connectivity index is 1.68. The van der Waals surface area contributed by atoms with E-state index in [4.69, 9.17) is 9.15 Å². The Morgan fingerprint density at radius 2 is 1.76 bits per heavy atom. The summed E-state index contributed by atoms with van der Waals surface area (Å²) in [5.41, 5.74) is 1.47. The van der Waals surface area contributed by atoms with E-state index in [0.29, 0.717) is 22.8 Å². The van der Waals surface area contributed by atoms with Crippen LogP contribution < -0.4 is 15.4 Å². The average molecular weight is 337 g/mol. The number of ether oxygens (including phenoxy) is 1. The number of hydrogen-bond acceptors (Lipinski definition) is 5. The first-order valence-corrected chi connectivity index (χ1v) is 7.42. The topological polar surface area (TPSA) is 93.5 Å². The second-order valence-electron chi connectivity index (χ2n) is 5.06. The number of rotatable bonds is 5. The van der Waals surface area contributed by atoms with Gasteiger partial charge in [0, 0.05) is 23.6 Å². The molecule has 0 aliphatic rings.